The predicted molar refractivity (Wildman–Crippen MR) is 36.7 cm³/mol. The lowest BCUT2D eigenvalue weighted by atomic mass is 10.6. The molecule has 1 N–H and O–H groups in total. The second-order valence-corrected chi connectivity index (χ2v) is 1.78. The minimum atomic E-state index is -1.19. The largest absolute Gasteiger partial charge is 0.477 e. The number of halogens is 2. The Kier molecular flexibility index (Phi) is 3.98. The molecule has 0 aromatic carbocycles. The molecule has 0 aliphatic rings. The minimum Gasteiger partial charge on any atom is -0.477 e. The number of carbonyl (C=O) groups is 1. The molecule has 8 heavy (non-hydrogen) atoms. The lowest BCUT2D eigenvalue weighted by molar-refractivity contribution is -0.131. The Hall–Kier alpha value is 0.0300. The van der Waals surface area contributed by atoms with E-state index in [1.807, 2.05) is 0 Å². The average Bonchev–Trinajstić information content (AvgIpc) is 1.67. The fourth-order valence-electron chi connectivity index (χ4n) is 0.0895. The highest BCUT2D eigenvalue weighted by molar-refractivity contribution is 14.1. The molecule has 0 bridgehead atoms. The second-order valence-electron chi connectivity index (χ2n) is 0.860. The van der Waals surface area contributed by atoms with E-state index in [0.717, 1.165) is 6.26 Å². The minimum absolute atomic E-state index is 0.334. The molecule has 0 rings (SSSR count). The Balaban J connectivity index is 3.80. The van der Waals surface area contributed by atoms with Crippen molar-refractivity contribution < 1.29 is 13.0 Å². The smallest absolute Gasteiger partial charge is 0.350 e. The maximum absolute atomic E-state index is 9.81. The SMILES string of the molecule is O=C(O)/C(Cl)=C/OI. The maximum atomic E-state index is 9.81. The van der Waals surface area contributed by atoms with Crippen LogP contribution >= 0.6 is 34.6 Å². The van der Waals surface area contributed by atoms with Crippen LogP contribution in [0.25, 0.3) is 0 Å². The van der Waals surface area contributed by atoms with Crippen molar-refractivity contribution in [1.82, 2.24) is 0 Å². The van der Waals surface area contributed by atoms with Crippen LogP contribution in [-0.2, 0) is 7.86 Å². The normalized spacial score (nSPS) is 11.0. The maximum Gasteiger partial charge on any atom is 0.350 e. The summed E-state index contributed by atoms with van der Waals surface area (Å²) in [5.74, 6) is -1.19. The molecule has 0 aromatic heterocycles. The first-order chi connectivity index (χ1) is 3.68. The summed E-state index contributed by atoms with van der Waals surface area (Å²) in [7, 11) is 0. The van der Waals surface area contributed by atoms with E-state index in [0.29, 0.717) is 0 Å². The van der Waals surface area contributed by atoms with Crippen molar-refractivity contribution in [3.8, 4) is 0 Å². The standard InChI is InChI=1S/C3H2ClIO3/c4-2(1-8-5)3(6)7/h1H,(H,6,7)/b2-1-. The molecule has 5 heteroatoms. The van der Waals surface area contributed by atoms with E-state index in [-0.39, 0.29) is 5.03 Å². The molecule has 46 valence electrons. The van der Waals surface area contributed by atoms with E-state index in [1.54, 1.807) is 0 Å². The van der Waals surface area contributed by atoms with Crippen molar-refractivity contribution in [3.63, 3.8) is 0 Å². The van der Waals surface area contributed by atoms with Gasteiger partial charge in [-0.2, -0.15) is 0 Å². The molecule has 0 amide bonds. The van der Waals surface area contributed by atoms with E-state index in [4.69, 9.17) is 16.7 Å². The molecule has 0 aliphatic carbocycles. The van der Waals surface area contributed by atoms with Gasteiger partial charge in [-0.05, 0) is 0 Å². The lowest BCUT2D eigenvalue weighted by Crippen LogP contribution is -1.92. The van der Waals surface area contributed by atoms with Crippen molar-refractivity contribution in [2.45, 2.75) is 0 Å². The monoisotopic (exact) mass is 248 g/mol. The first-order valence-electron chi connectivity index (χ1n) is 1.55. The molecule has 3 nitrogen and oxygen atoms in total. The Labute approximate surface area is 65.0 Å². The lowest BCUT2D eigenvalue weighted by Gasteiger charge is -1.84. The van der Waals surface area contributed by atoms with Crippen LogP contribution in [0, 0.1) is 0 Å². The Morgan fingerprint density at radius 3 is 2.50 bits per heavy atom. The van der Waals surface area contributed by atoms with Gasteiger partial charge >= 0.3 is 5.97 Å². The summed E-state index contributed by atoms with van der Waals surface area (Å²) in [6.07, 6.45) is 0.935. The summed E-state index contributed by atoms with van der Waals surface area (Å²) in [5, 5.41) is 7.70. The fourth-order valence-corrected chi connectivity index (χ4v) is 0.539. The van der Waals surface area contributed by atoms with Crippen LogP contribution in [0.3, 0.4) is 0 Å². The zero-order chi connectivity index (χ0) is 6.57. The quantitative estimate of drug-likeness (QED) is 0.458. The molecular formula is C3H2ClIO3. The highest BCUT2D eigenvalue weighted by Gasteiger charge is 2.00. The highest BCUT2D eigenvalue weighted by atomic mass is 127. The molecular weight excluding hydrogens is 246 g/mol. The first kappa shape index (κ1) is 8.03. The Morgan fingerprint density at radius 1 is 1.88 bits per heavy atom. The Morgan fingerprint density at radius 2 is 2.38 bits per heavy atom. The van der Waals surface area contributed by atoms with Gasteiger partial charge in [0.2, 0.25) is 0 Å². The predicted octanol–water partition coefficient (Wildman–Crippen LogP) is 1.52. The van der Waals surface area contributed by atoms with Crippen LogP contribution in [0.15, 0.2) is 11.3 Å². The van der Waals surface area contributed by atoms with Gasteiger partial charge in [0.15, 0.2) is 28.0 Å². The van der Waals surface area contributed by atoms with Crippen molar-refractivity contribution in [2.75, 3.05) is 0 Å². The first-order valence-corrected chi connectivity index (χ1v) is 2.80. The molecule has 0 aliphatic heterocycles. The van der Waals surface area contributed by atoms with Gasteiger partial charge < -0.3 is 8.17 Å². The van der Waals surface area contributed by atoms with E-state index < -0.39 is 5.97 Å². The van der Waals surface area contributed by atoms with E-state index in [2.05, 4.69) is 3.07 Å². The summed E-state index contributed by atoms with van der Waals surface area (Å²) in [6.45, 7) is 0. The Bertz CT molecular complexity index is 122. The average molecular weight is 248 g/mol. The van der Waals surface area contributed by atoms with Crippen molar-refractivity contribution in [1.29, 1.82) is 0 Å². The summed E-state index contributed by atoms with van der Waals surface area (Å²) in [5.41, 5.74) is 0. The molecule has 0 unspecified atom stereocenters. The molecule has 0 saturated heterocycles. The number of aliphatic carboxylic acids is 1. The van der Waals surface area contributed by atoms with Crippen LogP contribution in [0.1, 0.15) is 0 Å². The van der Waals surface area contributed by atoms with Gasteiger partial charge in [-0.15, -0.1) is 0 Å². The summed E-state index contributed by atoms with van der Waals surface area (Å²) in [6, 6.07) is 0. The van der Waals surface area contributed by atoms with Gasteiger partial charge in [-0.1, -0.05) is 11.6 Å². The van der Waals surface area contributed by atoms with Gasteiger partial charge in [-0.25, -0.2) is 4.79 Å². The van der Waals surface area contributed by atoms with Crippen LogP contribution in [0.4, 0.5) is 0 Å². The van der Waals surface area contributed by atoms with Crippen LogP contribution in [0.5, 0.6) is 0 Å². The molecule has 0 saturated carbocycles. The molecule has 0 heterocycles. The van der Waals surface area contributed by atoms with Crippen LogP contribution < -0.4 is 0 Å². The number of carboxylic acids is 1. The third kappa shape index (κ3) is 3.09. The van der Waals surface area contributed by atoms with E-state index in [1.165, 1.54) is 23.0 Å². The van der Waals surface area contributed by atoms with Crippen molar-refractivity contribution >= 4 is 40.6 Å². The second kappa shape index (κ2) is 3.96. The van der Waals surface area contributed by atoms with Gasteiger partial charge in [0.25, 0.3) is 0 Å². The third-order valence-electron chi connectivity index (χ3n) is 0.352. The topological polar surface area (TPSA) is 46.5 Å². The number of rotatable bonds is 2. The highest BCUT2D eigenvalue weighted by Crippen LogP contribution is 2.02. The van der Waals surface area contributed by atoms with E-state index >= 15 is 0 Å². The summed E-state index contributed by atoms with van der Waals surface area (Å²) < 4.78 is 4.26. The van der Waals surface area contributed by atoms with E-state index in [9.17, 15) is 4.79 Å². The molecule has 0 atom stereocenters. The summed E-state index contributed by atoms with van der Waals surface area (Å²) in [4.78, 5) is 9.81. The van der Waals surface area contributed by atoms with Crippen LogP contribution in [-0.4, -0.2) is 11.1 Å². The number of hydrogen-bond acceptors (Lipinski definition) is 2. The fraction of sp³-hybridized carbons (Fsp3) is 0. The molecule has 0 radical (unpaired) electrons. The zero-order valence-electron chi connectivity index (χ0n) is 3.60. The van der Waals surface area contributed by atoms with Gasteiger partial charge in [-0.3, -0.25) is 0 Å². The summed E-state index contributed by atoms with van der Waals surface area (Å²) >= 11 is 6.56. The van der Waals surface area contributed by atoms with Gasteiger partial charge in [0, 0.05) is 0 Å². The third-order valence-corrected chi connectivity index (χ3v) is 0.857. The molecule has 0 fully saturated rings. The van der Waals surface area contributed by atoms with Gasteiger partial charge in [0.1, 0.15) is 6.26 Å². The van der Waals surface area contributed by atoms with Crippen molar-refractivity contribution in [3.05, 3.63) is 11.3 Å². The van der Waals surface area contributed by atoms with Gasteiger partial charge in [0.05, 0.1) is 0 Å². The number of hydrogen-bond donors (Lipinski definition) is 1. The molecule has 0 aromatic rings. The van der Waals surface area contributed by atoms with Crippen molar-refractivity contribution in [2.24, 2.45) is 0 Å². The zero-order valence-corrected chi connectivity index (χ0v) is 6.51. The molecule has 0 spiro atoms. The number of carboxylic acid groups (broad SMARTS) is 1. The van der Waals surface area contributed by atoms with Crippen LogP contribution in [0.2, 0.25) is 0 Å².